The number of ether oxygens (including phenoxy) is 1. The van der Waals surface area contributed by atoms with Crippen molar-refractivity contribution in [3.63, 3.8) is 0 Å². The van der Waals surface area contributed by atoms with Crippen LogP contribution < -0.4 is 16.0 Å². The van der Waals surface area contributed by atoms with Crippen LogP contribution in [-0.2, 0) is 20.6 Å². The van der Waals surface area contributed by atoms with E-state index in [9.17, 15) is 22.8 Å². The number of fused-ring (bicyclic) bond motifs is 1. The number of aryl methyl sites for hydroxylation is 1. The van der Waals surface area contributed by atoms with Crippen molar-refractivity contribution in [2.75, 3.05) is 6.61 Å². The summed E-state index contributed by atoms with van der Waals surface area (Å²) in [6, 6.07) is 6.14. The second-order valence-electron chi connectivity index (χ2n) is 5.80. The Morgan fingerprint density at radius 2 is 1.88 bits per heavy atom. The summed E-state index contributed by atoms with van der Waals surface area (Å²) in [6.07, 6.45) is -3.01. The Morgan fingerprint density at radius 3 is 2.58 bits per heavy atom. The lowest BCUT2D eigenvalue weighted by atomic mass is 10.2. The van der Waals surface area contributed by atoms with Crippen LogP contribution in [-0.4, -0.2) is 31.5 Å². The molecule has 0 aliphatic rings. The van der Waals surface area contributed by atoms with Crippen molar-refractivity contribution in [3.05, 3.63) is 57.0 Å². The fourth-order valence-corrected chi connectivity index (χ4v) is 2.61. The lowest BCUT2D eigenvalue weighted by Gasteiger charge is -2.11. The third-order valence-electron chi connectivity index (χ3n) is 3.87. The van der Waals surface area contributed by atoms with E-state index in [0.717, 1.165) is 4.57 Å². The van der Waals surface area contributed by atoms with Gasteiger partial charge in [-0.15, -0.1) is 0 Å². The molecule has 2 heterocycles. The van der Waals surface area contributed by atoms with Crippen molar-refractivity contribution >= 4 is 11.2 Å². The van der Waals surface area contributed by atoms with Gasteiger partial charge in [-0.05, 0) is 17.7 Å². The largest absolute Gasteiger partial charge is 0.484 e. The van der Waals surface area contributed by atoms with E-state index in [1.807, 2.05) is 0 Å². The number of imidazole rings is 1. The monoisotopic (exact) mass is 368 g/mol. The van der Waals surface area contributed by atoms with Crippen LogP contribution in [0.1, 0.15) is 5.56 Å². The summed E-state index contributed by atoms with van der Waals surface area (Å²) in [5.41, 5.74) is 0.110. The summed E-state index contributed by atoms with van der Waals surface area (Å²) in [5.74, 6) is 0.0737. The Balaban J connectivity index is 1.95. The minimum Gasteiger partial charge on any atom is -0.484 e. The maximum atomic E-state index is 12.4. The third-order valence-corrected chi connectivity index (χ3v) is 3.87. The topological polar surface area (TPSA) is 71.0 Å². The fourth-order valence-electron chi connectivity index (χ4n) is 2.61. The van der Waals surface area contributed by atoms with Gasteiger partial charge in [-0.3, -0.25) is 13.9 Å². The summed E-state index contributed by atoms with van der Waals surface area (Å²) >= 11 is 0. The first-order valence-electron chi connectivity index (χ1n) is 7.57. The zero-order valence-electron chi connectivity index (χ0n) is 13.9. The summed E-state index contributed by atoms with van der Waals surface area (Å²) < 4.78 is 45.3. The standard InChI is InChI=1S/C16H15F3N4O3/c1-21-13-12(14(24)22(2)15(21)25)23(9-20-13)7-10-4-3-5-11(6-10)26-8-16(17,18)19/h3-6,9H,7-8H2,1-2H3. The lowest BCUT2D eigenvalue weighted by Crippen LogP contribution is -2.37. The van der Waals surface area contributed by atoms with Gasteiger partial charge in [0.2, 0.25) is 0 Å². The normalized spacial score (nSPS) is 11.9. The van der Waals surface area contributed by atoms with Gasteiger partial charge >= 0.3 is 11.9 Å². The highest BCUT2D eigenvalue weighted by Crippen LogP contribution is 2.20. The van der Waals surface area contributed by atoms with Gasteiger partial charge in [0.15, 0.2) is 17.8 Å². The second-order valence-corrected chi connectivity index (χ2v) is 5.80. The SMILES string of the molecule is Cn1c(=O)c2c(ncn2Cc2cccc(OCC(F)(F)F)c2)n(C)c1=O. The maximum absolute atomic E-state index is 12.4. The van der Waals surface area contributed by atoms with E-state index in [1.54, 1.807) is 16.7 Å². The summed E-state index contributed by atoms with van der Waals surface area (Å²) in [5, 5.41) is 0. The number of nitrogens with zero attached hydrogens (tertiary/aromatic N) is 4. The average Bonchev–Trinajstić information content (AvgIpc) is 3.00. The number of aromatic nitrogens is 4. The molecule has 0 radical (unpaired) electrons. The Hall–Kier alpha value is -3.04. The molecule has 138 valence electrons. The number of benzene rings is 1. The van der Waals surface area contributed by atoms with Gasteiger partial charge in [0.1, 0.15) is 5.75 Å². The predicted molar refractivity (Wildman–Crippen MR) is 87.3 cm³/mol. The van der Waals surface area contributed by atoms with Gasteiger partial charge in [-0.25, -0.2) is 9.78 Å². The highest BCUT2D eigenvalue weighted by atomic mass is 19.4. The van der Waals surface area contributed by atoms with Crippen LogP contribution in [0.15, 0.2) is 40.2 Å². The van der Waals surface area contributed by atoms with Crippen molar-refractivity contribution < 1.29 is 17.9 Å². The van der Waals surface area contributed by atoms with E-state index < -0.39 is 24.0 Å². The molecule has 0 atom stereocenters. The number of hydrogen-bond acceptors (Lipinski definition) is 4. The molecule has 0 unspecified atom stereocenters. The molecule has 7 nitrogen and oxygen atoms in total. The zero-order chi connectivity index (χ0) is 19.1. The van der Waals surface area contributed by atoms with Crippen LogP contribution in [0.5, 0.6) is 5.75 Å². The lowest BCUT2D eigenvalue weighted by molar-refractivity contribution is -0.153. The molecular weight excluding hydrogens is 353 g/mol. The third kappa shape index (κ3) is 3.35. The molecule has 3 aromatic rings. The zero-order valence-corrected chi connectivity index (χ0v) is 13.9. The molecule has 0 spiro atoms. The van der Waals surface area contributed by atoms with Crippen LogP contribution in [0.4, 0.5) is 13.2 Å². The molecule has 0 N–H and O–H groups in total. The Kier molecular flexibility index (Phi) is 4.34. The molecule has 0 saturated carbocycles. The number of hydrogen-bond donors (Lipinski definition) is 0. The minimum absolute atomic E-state index is 0.0737. The first kappa shape index (κ1) is 17.8. The van der Waals surface area contributed by atoms with Crippen molar-refractivity contribution in [2.24, 2.45) is 14.1 Å². The molecule has 26 heavy (non-hydrogen) atoms. The second kappa shape index (κ2) is 6.36. The number of alkyl halides is 3. The molecule has 0 aliphatic heterocycles. The molecule has 0 amide bonds. The number of halogens is 3. The smallest absolute Gasteiger partial charge is 0.422 e. The van der Waals surface area contributed by atoms with E-state index in [1.165, 1.54) is 37.1 Å². The van der Waals surface area contributed by atoms with Crippen LogP contribution in [0, 0.1) is 0 Å². The molecule has 1 aromatic carbocycles. The molecule has 0 saturated heterocycles. The molecule has 0 fully saturated rings. The van der Waals surface area contributed by atoms with Crippen LogP contribution in [0.2, 0.25) is 0 Å². The molecule has 0 bridgehead atoms. The van der Waals surface area contributed by atoms with Gasteiger partial charge in [0.05, 0.1) is 6.33 Å². The highest BCUT2D eigenvalue weighted by Gasteiger charge is 2.28. The van der Waals surface area contributed by atoms with Crippen molar-refractivity contribution in [1.29, 1.82) is 0 Å². The predicted octanol–water partition coefficient (Wildman–Crippen LogP) is 1.42. The quantitative estimate of drug-likeness (QED) is 0.698. The molecule has 10 heteroatoms. The van der Waals surface area contributed by atoms with Crippen molar-refractivity contribution in [1.82, 2.24) is 18.7 Å². The van der Waals surface area contributed by atoms with Crippen LogP contribution in [0.25, 0.3) is 11.2 Å². The van der Waals surface area contributed by atoms with Gasteiger partial charge in [0.25, 0.3) is 5.56 Å². The minimum atomic E-state index is -4.42. The fraction of sp³-hybridized carbons (Fsp3) is 0.312. The van der Waals surface area contributed by atoms with Gasteiger partial charge in [0, 0.05) is 20.6 Å². The summed E-state index contributed by atoms with van der Waals surface area (Å²) in [7, 11) is 2.88. The van der Waals surface area contributed by atoms with Gasteiger partial charge in [-0.1, -0.05) is 12.1 Å². The first-order valence-corrected chi connectivity index (χ1v) is 7.57. The van der Waals surface area contributed by atoms with Gasteiger partial charge in [-0.2, -0.15) is 13.2 Å². The Bertz CT molecular complexity index is 1080. The van der Waals surface area contributed by atoms with E-state index in [4.69, 9.17) is 4.74 Å². The first-order chi connectivity index (χ1) is 12.2. The summed E-state index contributed by atoms with van der Waals surface area (Å²) in [6.45, 7) is -1.19. The summed E-state index contributed by atoms with van der Waals surface area (Å²) in [4.78, 5) is 28.4. The molecular formula is C16H15F3N4O3. The van der Waals surface area contributed by atoms with Gasteiger partial charge < -0.3 is 9.30 Å². The molecule has 0 aliphatic carbocycles. The van der Waals surface area contributed by atoms with Crippen molar-refractivity contribution in [3.8, 4) is 5.75 Å². The number of rotatable bonds is 4. The average molecular weight is 368 g/mol. The van der Waals surface area contributed by atoms with E-state index in [0.29, 0.717) is 5.56 Å². The molecule has 3 rings (SSSR count). The highest BCUT2D eigenvalue weighted by molar-refractivity contribution is 5.70. The van der Waals surface area contributed by atoms with E-state index in [2.05, 4.69) is 4.98 Å². The maximum Gasteiger partial charge on any atom is 0.422 e. The Labute approximate surface area is 144 Å². The van der Waals surface area contributed by atoms with E-state index >= 15 is 0 Å². The van der Waals surface area contributed by atoms with Crippen LogP contribution >= 0.6 is 0 Å². The Morgan fingerprint density at radius 1 is 1.15 bits per heavy atom. The van der Waals surface area contributed by atoms with Crippen molar-refractivity contribution in [2.45, 2.75) is 12.7 Å². The van der Waals surface area contributed by atoms with E-state index in [-0.39, 0.29) is 23.5 Å². The molecule has 2 aromatic heterocycles. The van der Waals surface area contributed by atoms with Crippen LogP contribution in [0.3, 0.4) is 0 Å².